The first-order valence-electron chi connectivity index (χ1n) is 5.64. The summed E-state index contributed by atoms with van der Waals surface area (Å²) in [5.41, 5.74) is 0. The molecule has 0 radical (unpaired) electrons. The largest absolute Gasteiger partial charge is 0.356 e. The fourth-order valence-electron chi connectivity index (χ4n) is 1.23. The second kappa shape index (κ2) is 10.8. The van der Waals surface area contributed by atoms with Crippen LogP contribution in [-0.2, 0) is 4.79 Å². The Morgan fingerprint density at radius 1 is 1.14 bits per heavy atom. The minimum atomic E-state index is 0.198. The second-order valence-electron chi connectivity index (χ2n) is 3.56. The van der Waals surface area contributed by atoms with Crippen LogP contribution in [-0.4, -0.2) is 18.3 Å². The van der Waals surface area contributed by atoms with Gasteiger partial charge in [0.25, 0.3) is 0 Å². The molecular weight excluding hydrogens is 198 g/mol. The van der Waals surface area contributed by atoms with E-state index in [9.17, 15) is 4.79 Å². The highest BCUT2D eigenvalue weighted by Crippen LogP contribution is 2.00. The molecule has 0 saturated heterocycles. The van der Waals surface area contributed by atoms with Crippen molar-refractivity contribution in [2.45, 2.75) is 51.9 Å². The fraction of sp³-hybridized carbons (Fsp3) is 0.909. The maximum atomic E-state index is 11.2. The molecule has 1 N–H and O–H groups in total. The average Bonchev–Trinajstić information content (AvgIpc) is 2.20. The maximum Gasteiger partial charge on any atom is 0.219 e. The van der Waals surface area contributed by atoms with Crippen molar-refractivity contribution in [2.24, 2.45) is 0 Å². The van der Waals surface area contributed by atoms with Crippen LogP contribution in [0.2, 0.25) is 0 Å². The number of carbonyl (C=O) groups excluding carboxylic acids is 1. The number of nitrogens with one attached hydrogen (secondary N) is 1. The third-order valence-electron chi connectivity index (χ3n) is 2.14. The molecule has 14 heavy (non-hydrogen) atoms. The minimum Gasteiger partial charge on any atom is -0.356 e. The van der Waals surface area contributed by atoms with Crippen molar-refractivity contribution in [1.29, 1.82) is 0 Å². The van der Waals surface area contributed by atoms with Crippen molar-refractivity contribution >= 4 is 17.5 Å². The number of carbonyl (C=O) groups is 1. The zero-order chi connectivity index (χ0) is 10.6. The van der Waals surface area contributed by atoms with Crippen LogP contribution in [0.25, 0.3) is 0 Å². The lowest BCUT2D eigenvalue weighted by Crippen LogP contribution is -2.23. The van der Waals surface area contributed by atoms with E-state index in [1.54, 1.807) is 0 Å². The van der Waals surface area contributed by atoms with Crippen LogP contribution in [0.4, 0.5) is 0 Å². The monoisotopic (exact) mass is 219 g/mol. The zero-order valence-electron chi connectivity index (χ0n) is 9.15. The molecule has 0 atom stereocenters. The van der Waals surface area contributed by atoms with E-state index in [1.165, 1.54) is 12.8 Å². The Balaban J connectivity index is 3.07. The van der Waals surface area contributed by atoms with E-state index in [-0.39, 0.29) is 5.91 Å². The van der Waals surface area contributed by atoms with E-state index < -0.39 is 0 Å². The summed E-state index contributed by atoms with van der Waals surface area (Å²) in [6.07, 6.45) is 7.27. The van der Waals surface area contributed by atoms with Crippen molar-refractivity contribution in [3.05, 3.63) is 0 Å². The molecule has 0 spiro atoms. The molecule has 0 fully saturated rings. The van der Waals surface area contributed by atoms with Gasteiger partial charge in [-0.2, -0.15) is 0 Å². The highest BCUT2D eigenvalue weighted by atomic mass is 35.5. The molecule has 0 bridgehead atoms. The number of amides is 1. The van der Waals surface area contributed by atoms with E-state index in [1.807, 2.05) is 0 Å². The summed E-state index contributed by atoms with van der Waals surface area (Å²) < 4.78 is 0. The number of hydrogen-bond donors (Lipinski definition) is 1. The van der Waals surface area contributed by atoms with Gasteiger partial charge in [-0.1, -0.05) is 26.2 Å². The van der Waals surface area contributed by atoms with Gasteiger partial charge in [-0.3, -0.25) is 4.79 Å². The minimum absolute atomic E-state index is 0.198. The summed E-state index contributed by atoms with van der Waals surface area (Å²) >= 11 is 5.55. The van der Waals surface area contributed by atoms with Crippen LogP contribution >= 0.6 is 11.6 Å². The van der Waals surface area contributed by atoms with E-state index in [4.69, 9.17) is 11.6 Å². The molecule has 0 unspecified atom stereocenters. The van der Waals surface area contributed by atoms with Gasteiger partial charge in [0, 0.05) is 18.8 Å². The van der Waals surface area contributed by atoms with Gasteiger partial charge < -0.3 is 5.32 Å². The van der Waals surface area contributed by atoms with Crippen LogP contribution in [0, 0.1) is 0 Å². The summed E-state index contributed by atoms with van der Waals surface area (Å²) in [5.74, 6) is 0.951. The Bertz CT molecular complexity index is 139. The smallest absolute Gasteiger partial charge is 0.219 e. The van der Waals surface area contributed by atoms with Crippen molar-refractivity contribution in [3.8, 4) is 0 Å². The fourth-order valence-corrected chi connectivity index (χ4v) is 1.42. The predicted octanol–water partition coefficient (Wildman–Crippen LogP) is 3.09. The molecule has 0 saturated carbocycles. The van der Waals surface area contributed by atoms with Crippen molar-refractivity contribution in [1.82, 2.24) is 5.32 Å². The summed E-state index contributed by atoms with van der Waals surface area (Å²) in [5, 5.41) is 2.92. The molecule has 84 valence electrons. The normalized spacial score (nSPS) is 10.1. The van der Waals surface area contributed by atoms with Gasteiger partial charge in [-0.15, -0.1) is 11.6 Å². The van der Waals surface area contributed by atoms with Gasteiger partial charge >= 0.3 is 0 Å². The molecule has 3 heteroatoms. The SMILES string of the molecule is CCCCC(=O)NCCCCCCCl. The number of alkyl halides is 1. The molecule has 0 aromatic heterocycles. The van der Waals surface area contributed by atoms with E-state index in [0.717, 1.165) is 38.1 Å². The quantitative estimate of drug-likeness (QED) is 0.469. The Kier molecular flexibility index (Phi) is 10.7. The van der Waals surface area contributed by atoms with Gasteiger partial charge in [0.05, 0.1) is 0 Å². The summed E-state index contributed by atoms with van der Waals surface area (Å²) in [7, 11) is 0. The van der Waals surface area contributed by atoms with Crippen LogP contribution < -0.4 is 5.32 Å². The average molecular weight is 220 g/mol. The molecule has 0 aliphatic heterocycles. The van der Waals surface area contributed by atoms with Gasteiger partial charge in [-0.05, 0) is 19.3 Å². The topological polar surface area (TPSA) is 29.1 Å². The third kappa shape index (κ3) is 9.85. The van der Waals surface area contributed by atoms with Crippen molar-refractivity contribution in [3.63, 3.8) is 0 Å². The number of unbranched alkanes of at least 4 members (excludes halogenated alkanes) is 4. The Labute approximate surface area is 92.4 Å². The van der Waals surface area contributed by atoms with Crippen molar-refractivity contribution < 1.29 is 4.79 Å². The van der Waals surface area contributed by atoms with Crippen LogP contribution in [0.1, 0.15) is 51.9 Å². The van der Waals surface area contributed by atoms with Gasteiger partial charge in [0.15, 0.2) is 0 Å². The number of hydrogen-bond acceptors (Lipinski definition) is 1. The van der Waals surface area contributed by atoms with Crippen LogP contribution in [0.15, 0.2) is 0 Å². The first kappa shape index (κ1) is 13.8. The van der Waals surface area contributed by atoms with Crippen molar-refractivity contribution in [2.75, 3.05) is 12.4 Å². The number of rotatable bonds is 9. The highest BCUT2D eigenvalue weighted by Gasteiger charge is 1.98. The Hall–Kier alpha value is -0.240. The molecule has 0 aromatic rings. The lowest BCUT2D eigenvalue weighted by Gasteiger charge is -2.03. The molecular formula is C11H22ClNO. The maximum absolute atomic E-state index is 11.2. The lowest BCUT2D eigenvalue weighted by molar-refractivity contribution is -0.121. The van der Waals surface area contributed by atoms with Gasteiger partial charge in [0.1, 0.15) is 0 Å². The van der Waals surface area contributed by atoms with Crippen LogP contribution in [0.3, 0.4) is 0 Å². The van der Waals surface area contributed by atoms with Gasteiger partial charge in [0.2, 0.25) is 5.91 Å². The lowest BCUT2D eigenvalue weighted by atomic mass is 10.2. The third-order valence-corrected chi connectivity index (χ3v) is 2.41. The van der Waals surface area contributed by atoms with E-state index in [0.29, 0.717) is 6.42 Å². The molecule has 0 heterocycles. The van der Waals surface area contributed by atoms with E-state index in [2.05, 4.69) is 12.2 Å². The zero-order valence-corrected chi connectivity index (χ0v) is 9.91. The molecule has 0 rings (SSSR count). The predicted molar refractivity (Wildman–Crippen MR) is 61.7 cm³/mol. The van der Waals surface area contributed by atoms with Crippen LogP contribution in [0.5, 0.6) is 0 Å². The summed E-state index contributed by atoms with van der Waals surface area (Å²) in [4.78, 5) is 11.2. The van der Waals surface area contributed by atoms with E-state index >= 15 is 0 Å². The molecule has 0 aliphatic carbocycles. The molecule has 0 aromatic carbocycles. The molecule has 2 nitrogen and oxygen atoms in total. The molecule has 1 amide bonds. The van der Waals surface area contributed by atoms with Gasteiger partial charge in [-0.25, -0.2) is 0 Å². The second-order valence-corrected chi connectivity index (χ2v) is 3.93. The first-order chi connectivity index (χ1) is 6.81. The summed E-state index contributed by atoms with van der Waals surface area (Å²) in [6, 6.07) is 0. The highest BCUT2D eigenvalue weighted by molar-refractivity contribution is 6.17. The Morgan fingerprint density at radius 2 is 1.86 bits per heavy atom. The Morgan fingerprint density at radius 3 is 2.50 bits per heavy atom. The summed E-state index contributed by atoms with van der Waals surface area (Å²) in [6.45, 7) is 2.92. The first-order valence-corrected chi connectivity index (χ1v) is 6.17. The standard InChI is InChI=1S/C11H22ClNO/c1-2-3-8-11(14)13-10-7-5-4-6-9-12/h2-10H2,1H3,(H,13,14). The number of halogens is 1. The molecule has 0 aliphatic rings.